The molecule has 2 aromatic rings. The average molecular weight is 436 g/mol. The summed E-state index contributed by atoms with van der Waals surface area (Å²) in [6, 6.07) is 3.17. The zero-order valence-electron chi connectivity index (χ0n) is 14.6. The Hall–Kier alpha value is -2.44. The smallest absolute Gasteiger partial charge is 0.416 e. The topological polar surface area (TPSA) is 102 Å². The lowest BCUT2D eigenvalue weighted by molar-refractivity contribution is -0.137. The van der Waals surface area contributed by atoms with Gasteiger partial charge in [0.05, 0.1) is 34.7 Å². The van der Waals surface area contributed by atoms with Gasteiger partial charge in [0.2, 0.25) is 15.9 Å². The zero-order valence-corrected chi connectivity index (χ0v) is 16.2. The van der Waals surface area contributed by atoms with Crippen molar-refractivity contribution in [3.63, 3.8) is 0 Å². The van der Waals surface area contributed by atoms with Crippen LogP contribution in [0.4, 0.5) is 18.2 Å². The van der Waals surface area contributed by atoms with Crippen LogP contribution in [0, 0.1) is 6.92 Å². The van der Waals surface area contributed by atoms with Gasteiger partial charge in [-0.05, 0) is 30.7 Å². The Balaban J connectivity index is 2.06. The van der Waals surface area contributed by atoms with E-state index in [1.54, 1.807) is 6.92 Å². The molecular weight excluding hydrogens is 421 g/mol. The Bertz CT molecular complexity index is 1000. The van der Waals surface area contributed by atoms with E-state index in [1.807, 2.05) is 4.72 Å². The molecule has 0 atom stereocenters. The number of sulfonamides is 1. The van der Waals surface area contributed by atoms with E-state index in [-0.39, 0.29) is 5.56 Å². The van der Waals surface area contributed by atoms with Gasteiger partial charge in [-0.3, -0.25) is 4.79 Å². The summed E-state index contributed by atoms with van der Waals surface area (Å²) in [6.45, 7) is 0.870. The highest BCUT2D eigenvalue weighted by Gasteiger charge is 2.31. The van der Waals surface area contributed by atoms with Gasteiger partial charge in [-0.1, -0.05) is 6.07 Å². The highest BCUT2D eigenvalue weighted by atomic mass is 32.2. The van der Waals surface area contributed by atoms with Crippen LogP contribution in [-0.4, -0.2) is 33.9 Å². The van der Waals surface area contributed by atoms with Crippen molar-refractivity contribution < 1.29 is 35.9 Å². The second-order valence-corrected chi connectivity index (χ2v) is 8.14. The van der Waals surface area contributed by atoms with Crippen LogP contribution in [0.1, 0.15) is 21.5 Å². The molecule has 2 N–H and O–H groups in total. The predicted molar refractivity (Wildman–Crippen MR) is 95.7 cm³/mol. The van der Waals surface area contributed by atoms with E-state index in [0.717, 1.165) is 29.5 Å². The fourth-order valence-corrected chi connectivity index (χ4v) is 4.10. The van der Waals surface area contributed by atoms with Crippen LogP contribution in [0.15, 0.2) is 34.5 Å². The van der Waals surface area contributed by atoms with Crippen molar-refractivity contribution in [1.29, 1.82) is 0 Å². The van der Waals surface area contributed by atoms with Gasteiger partial charge >= 0.3 is 12.1 Å². The number of alkyl halides is 3. The summed E-state index contributed by atoms with van der Waals surface area (Å²) in [5.41, 5.74) is -0.414. The fourth-order valence-electron chi connectivity index (χ4n) is 2.11. The van der Waals surface area contributed by atoms with E-state index in [9.17, 15) is 31.2 Å². The predicted octanol–water partition coefficient (Wildman–Crippen LogP) is 2.78. The molecule has 0 spiro atoms. The van der Waals surface area contributed by atoms with Gasteiger partial charge in [0.15, 0.2) is 0 Å². The number of nitrogens with one attached hydrogen (secondary N) is 2. The Kier molecular flexibility index (Phi) is 6.47. The Morgan fingerprint density at radius 1 is 1.25 bits per heavy atom. The molecule has 1 amide bonds. The van der Waals surface area contributed by atoms with Crippen LogP contribution in [0.2, 0.25) is 0 Å². The third-order valence-corrected chi connectivity index (χ3v) is 5.99. The summed E-state index contributed by atoms with van der Waals surface area (Å²) in [5, 5.41) is 4.23. The molecule has 0 aliphatic rings. The quantitative estimate of drug-likeness (QED) is 0.678. The average Bonchev–Trinajstić information content (AvgIpc) is 2.99. The Morgan fingerprint density at radius 2 is 1.93 bits per heavy atom. The number of methoxy groups -OCH3 is 1. The van der Waals surface area contributed by atoms with Crippen LogP contribution >= 0.6 is 11.3 Å². The normalized spacial score (nSPS) is 11.9. The third kappa shape index (κ3) is 5.09. The standard InChI is InChI=1S/C16H15F3N2O5S2/c1-9-12(15(23)26-2)8-27-14(9)21-13(22)7-20-28(24,25)11-5-3-4-10(6-11)16(17,18)19/h3-6,8,20H,7H2,1-2H3,(H,21,22). The number of carbonyl (C=O) groups excluding carboxylic acids is 2. The molecule has 1 aromatic heterocycles. The van der Waals surface area contributed by atoms with Crippen molar-refractivity contribution in [1.82, 2.24) is 4.72 Å². The number of thiophene rings is 1. The summed E-state index contributed by atoms with van der Waals surface area (Å²) < 4.78 is 69.0. The summed E-state index contributed by atoms with van der Waals surface area (Å²) in [4.78, 5) is 22.9. The Labute approximate surface area is 162 Å². The first-order chi connectivity index (χ1) is 13.0. The van der Waals surface area contributed by atoms with E-state index in [0.29, 0.717) is 16.6 Å². The molecule has 0 fully saturated rings. The van der Waals surface area contributed by atoms with Crippen molar-refractivity contribution in [2.45, 2.75) is 18.0 Å². The van der Waals surface area contributed by atoms with Crippen molar-refractivity contribution in [3.8, 4) is 0 Å². The number of esters is 1. The molecule has 0 bridgehead atoms. The number of ether oxygens (including phenoxy) is 1. The molecule has 7 nitrogen and oxygen atoms in total. The van der Waals surface area contributed by atoms with Crippen molar-refractivity contribution in [2.75, 3.05) is 19.0 Å². The molecule has 152 valence electrons. The van der Waals surface area contributed by atoms with Gasteiger partial charge in [0.25, 0.3) is 0 Å². The van der Waals surface area contributed by atoms with Crippen LogP contribution in [0.25, 0.3) is 0 Å². The maximum atomic E-state index is 12.7. The highest BCUT2D eigenvalue weighted by Crippen LogP contribution is 2.30. The highest BCUT2D eigenvalue weighted by molar-refractivity contribution is 7.89. The number of rotatable bonds is 6. The monoisotopic (exact) mass is 436 g/mol. The number of amides is 1. The number of halogens is 3. The van der Waals surface area contributed by atoms with Gasteiger partial charge < -0.3 is 10.1 Å². The van der Waals surface area contributed by atoms with E-state index in [2.05, 4.69) is 10.1 Å². The molecule has 28 heavy (non-hydrogen) atoms. The summed E-state index contributed by atoms with van der Waals surface area (Å²) >= 11 is 1.05. The number of anilines is 1. The SMILES string of the molecule is COC(=O)c1csc(NC(=O)CNS(=O)(=O)c2cccc(C(F)(F)F)c2)c1C. The number of benzene rings is 1. The second kappa shape index (κ2) is 8.29. The molecule has 2 rings (SSSR count). The van der Waals surface area contributed by atoms with Gasteiger partial charge in [-0.15, -0.1) is 11.3 Å². The summed E-state index contributed by atoms with van der Waals surface area (Å²) in [6.07, 6.45) is -4.70. The minimum absolute atomic E-state index is 0.257. The van der Waals surface area contributed by atoms with Gasteiger partial charge in [-0.2, -0.15) is 13.2 Å². The van der Waals surface area contributed by atoms with Crippen molar-refractivity contribution in [2.24, 2.45) is 0 Å². The molecule has 1 aromatic carbocycles. The molecule has 12 heteroatoms. The second-order valence-electron chi connectivity index (χ2n) is 5.49. The molecule has 0 aliphatic heterocycles. The van der Waals surface area contributed by atoms with Gasteiger partial charge in [0, 0.05) is 5.38 Å². The lowest BCUT2D eigenvalue weighted by atomic mass is 10.2. The molecule has 0 saturated heterocycles. The third-order valence-electron chi connectivity index (χ3n) is 3.59. The van der Waals surface area contributed by atoms with Crippen LogP contribution in [-0.2, 0) is 25.7 Å². The Morgan fingerprint density at radius 3 is 2.54 bits per heavy atom. The lowest BCUT2D eigenvalue weighted by Crippen LogP contribution is -2.33. The molecule has 0 saturated carbocycles. The van der Waals surface area contributed by atoms with Crippen LogP contribution < -0.4 is 10.0 Å². The molecule has 0 unspecified atom stereocenters. The maximum absolute atomic E-state index is 12.7. The molecule has 0 radical (unpaired) electrons. The fraction of sp³-hybridized carbons (Fsp3) is 0.250. The van der Waals surface area contributed by atoms with E-state index in [1.165, 1.54) is 12.5 Å². The lowest BCUT2D eigenvalue weighted by Gasteiger charge is -2.10. The summed E-state index contributed by atoms with van der Waals surface area (Å²) in [7, 11) is -3.13. The van der Waals surface area contributed by atoms with Crippen molar-refractivity contribution >= 4 is 38.2 Å². The number of hydrogen-bond acceptors (Lipinski definition) is 6. The maximum Gasteiger partial charge on any atom is 0.416 e. The van der Waals surface area contributed by atoms with E-state index < -0.39 is 45.1 Å². The van der Waals surface area contributed by atoms with Crippen molar-refractivity contribution in [3.05, 3.63) is 46.3 Å². The first-order valence-electron chi connectivity index (χ1n) is 7.59. The van der Waals surface area contributed by atoms with Crippen LogP contribution in [0.5, 0.6) is 0 Å². The number of hydrogen-bond donors (Lipinski definition) is 2. The largest absolute Gasteiger partial charge is 0.465 e. The van der Waals surface area contributed by atoms with Gasteiger partial charge in [0.1, 0.15) is 0 Å². The molecular formula is C16H15F3N2O5S2. The minimum atomic E-state index is -4.70. The first-order valence-corrected chi connectivity index (χ1v) is 9.95. The van der Waals surface area contributed by atoms with Crippen LogP contribution in [0.3, 0.4) is 0 Å². The van der Waals surface area contributed by atoms with Gasteiger partial charge in [-0.25, -0.2) is 17.9 Å². The summed E-state index contributed by atoms with van der Waals surface area (Å²) in [5.74, 6) is -1.34. The molecule has 0 aliphatic carbocycles. The van der Waals surface area contributed by atoms with E-state index in [4.69, 9.17) is 0 Å². The zero-order chi connectivity index (χ0) is 21.1. The minimum Gasteiger partial charge on any atom is -0.465 e. The van der Waals surface area contributed by atoms with E-state index >= 15 is 0 Å². The molecule has 1 heterocycles. The first kappa shape index (κ1) is 21.9. The number of carbonyl (C=O) groups is 2.